The molecule has 0 fully saturated rings. The number of methoxy groups -OCH3 is 1. The number of carbonyl (C=O) groups is 1. The average molecular weight is 299 g/mol. The molecule has 0 saturated carbocycles. The minimum absolute atomic E-state index is 0.147. The predicted octanol–water partition coefficient (Wildman–Crippen LogP) is 4.23. The maximum absolute atomic E-state index is 12.5. The monoisotopic (exact) mass is 299 g/mol. The lowest BCUT2D eigenvalue weighted by Crippen LogP contribution is -2.13. The van der Waals surface area contributed by atoms with Gasteiger partial charge in [-0.25, -0.2) is 0 Å². The predicted molar refractivity (Wildman–Crippen MR) is 88.3 cm³/mol. The van der Waals surface area contributed by atoms with E-state index in [1.807, 2.05) is 54.6 Å². The highest BCUT2D eigenvalue weighted by atomic mass is 32.2. The average Bonchev–Trinajstić information content (AvgIpc) is 2.53. The van der Waals surface area contributed by atoms with Gasteiger partial charge in [0.25, 0.3) is 5.91 Å². The molecule has 0 bridgehead atoms. The molecule has 0 heterocycles. The molecule has 4 heteroatoms. The first-order chi connectivity index (χ1) is 10.3. The molecule has 0 saturated heterocycles. The molecule has 0 aliphatic rings. The molecule has 0 radical (unpaired) electrons. The number of hydrogen-bond donors (Lipinski definition) is 1. The number of anilines is 1. The molecule has 0 spiro atoms. The van der Waals surface area contributed by atoms with Gasteiger partial charge in [0.05, 0.1) is 18.4 Å². The van der Waals surface area contributed by atoms with Gasteiger partial charge in [0.15, 0.2) is 0 Å². The van der Waals surface area contributed by atoms with Crippen LogP contribution in [0.1, 0.15) is 10.4 Å². The minimum Gasteiger partial charge on any atom is -0.495 e. The lowest BCUT2D eigenvalue weighted by Gasteiger charge is -2.11. The molecule has 0 aromatic heterocycles. The Morgan fingerprint density at radius 3 is 2.71 bits per heavy atom. The van der Waals surface area contributed by atoms with E-state index in [0.29, 0.717) is 17.0 Å². The maximum atomic E-state index is 12.5. The van der Waals surface area contributed by atoms with Gasteiger partial charge in [-0.2, -0.15) is 0 Å². The van der Waals surface area contributed by atoms with Crippen LogP contribution in [0.3, 0.4) is 0 Å². The normalized spacial score (nSPS) is 9.95. The number of carbonyl (C=O) groups excluding carboxylic acids is 1. The van der Waals surface area contributed by atoms with Crippen molar-refractivity contribution in [3.8, 4) is 5.75 Å². The van der Waals surface area contributed by atoms with E-state index in [9.17, 15) is 4.79 Å². The summed E-state index contributed by atoms with van der Waals surface area (Å²) in [6.45, 7) is 3.70. The first-order valence-electron chi connectivity index (χ1n) is 6.53. The summed E-state index contributed by atoms with van der Waals surface area (Å²) in [4.78, 5) is 13.4. The number of benzene rings is 2. The molecule has 3 nitrogen and oxygen atoms in total. The van der Waals surface area contributed by atoms with Gasteiger partial charge in [0, 0.05) is 10.6 Å². The highest BCUT2D eigenvalue weighted by Gasteiger charge is 2.13. The summed E-state index contributed by atoms with van der Waals surface area (Å²) in [5.41, 5.74) is 1.31. The van der Waals surface area contributed by atoms with E-state index in [1.54, 1.807) is 18.9 Å². The fraction of sp³-hybridized carbons (Fsp3) is 0.118. The summed E-state index contributed by atoms with van der Waals surface area (Å²) in [6, 6.07) is 14.9. The molecular formula is C17H17NO2S. The smallest absolute Gasteiger partial charge is 0.256 e. The topological polar surface area (TPSA) is 38.3 Å². The zero-order chi connectivity index (χ0) is 15.1. The van der Waals surface area contributed by atoms with Gasteiger partial charge >= 0.3 is 0 Å². The van der Waals surface area contributed by atoms with E-state index >= 15 is 0 Å². The summed E-state index contributed by atoms with van der Waals surface area (Å²) >= 11 is 1.59. The van der Waals surface area contributed by atoms with Crippen LogP contribution in [0.25, 0.3) is 0 Å². The van der Waals surface area contributed by atoms with Gasteiger partial charge in [-0.05, 0) is 24.3 Å². The lowest BCUT2D eigenvalue weighted by atomic mass is 10.2. The van der Waals surface area contributed by atoms with Crippen LogP contribution in [0.15, 0.2) is 66.1 Å². The first kappa shape index (κ1) is 15.2. The summed E-state index contributed by atoms with van der Waals surface area (Å²) in [6.07, 6.45) is 1.82. The third-order valence-electron chi connectivity index (χ3n) is 2.84. The molecule has 1 N–H and O–H groups in total. The summed E-state index contributed by atoms with van der Waals surface area (Å²) in [5, 5.41) is 2.89. The van der Waals surface area contributed by atoms with Crippen molar-refractivity contribution in [1.82, 2.24) is 0 Å². The highest BCUT2D eigenvalue weighted by Crippen LogP contribution is 2.26. The standard InChI is InChI=1S/C17H17NO2S/c1-3-12-21-16-11-7-4-8-13(16)17(19)18-14-9-5-6-10-15(14)20-2/h3-11H,1,12H2,2H3,(H,18,19). The van der Waals surface area contributed by atoms with Gasteiger partial charge in [-0.1, -0.05) is 30.3 Å². The molecule has 2 aromatic rings. The largest absolute Gasteiger partial charge is 0.495 e. The number of para-hydroxylation sites is 2. The van der Waals surface area contributed by atoms with Gasteiger partial charge in [0.2, 0.25) is 0 Å². The van der Waals surface area contributed by atoms with Crippen LogP contribution in [-0.2, 0) is 0 Å². The Bertz CT molecular complexity index is 640. The Morgan fingerprint density at radius 2 is 1.95 bits per heavy atom. The van der Waals surface area contributed by atoms with Gasteiger partial charge in [0.1, 0.15) is 5.75 Å². The number of nitrogens with one attached hydrogen (secondary N) is 1. The van der Waals surface area contributed by atoms with Crippen LogP contribution in [-0.4, -0.2) is 18.8 Å². The molecule has 0 unspecified atom stereocenters. The van der Waals surface area contributed by atoms with Crippen LogP contribution in [0.5, 0.6) is 5.75 Å². The lowest BCUT2D eigenvalue weighted by molar-refractivity contribution is 0.102. The fourth-order valence-electron chi connectivity index (χ4n) is 1.87. The van der Waals surface area contributed by atoms with E-state index in [4.69, 9.17) is 4.74 Å². The van der Waals surface area contributed by atoms with E-state index < -0.39 is 0 Å². The molecule has 21 heavy (non-hydrogen) atoms. The zero-order valence-corrected chi connectivity index (χ0v) is 12.7. The van der Waals surface area contributed by atoms with E-state index in [1.165, 1.54) is 0 Å². The van der Waals surface area contributed by atoms with Crippen molar-refractivity contribution in [2.24, 2.45) is 0 Å². The molecule has 2 aromatic carbocycles. The van der Waals surface area contributed by atoms with Crippen LogP contribution in [0.4, 0.5) is 5.69 Å². The minimum atomic E-state index is -0.147. The maximum Gasteiger partial charge on any atom is 0.256 e. The number of hydrogen-bond acceptors (Lipinski definition) is 3. The van der Waals surface area contributed by atoms with Gasteiger partial charge in [-0.3, -0.25) is 4.79 Å². The second-order valence-electron chi connectivity index (χ2n) is 4.25. The Morgan fingerprint density at radius 1 is 1.24 bits per heavy atom. The van der Waals surface area contributed by atoms with Crippen LogP contribution in [0, 0.1) is 0 Å². The molecule has 108 valence electrons. The molecule has 0 aliphatic carbocycles. The van der Waals surface area contributed by atoms with Crippen molar-refractivity contribution in [3.05, 3.63) is 66.7 Å². The summed E-state index contributed by atoms with van der Waals surface area (Å²) < 4.78 is 5.24. The highest BCUT2D eigenvalue weighted by molar-refractivity contribution is 7.99. The van der Waals surface area contributed by atoms with E-state index in [-0.39, 0.29) is 5.91 Å². The van der Waals surface area contributed by atoms with Crippen LogP contribution in [0.2, 0.25) is 0 Å². The summed E-state index contributed by atoms with van der Waals surface area (Å²) in [5.74, 6) is 1.26. The van der Waals surface area contributed by atoms with Crippen molar-refractivity contribution < 1.29 is 9.53 Å². The second-order valence-corrected chi connectivity index (χ2v) is 5.31. The Hall–Kier alpha value is -2.20. The van der Waals surface area contributed by atoms with Crippen molar-refractivity contribution in [3.63, 3.8) is 0 Å². The first-order valence-corrected chi connectivity index (χ1v) is 7.52. The van der Waals surface area contributed by atoms with Crippen molar-refractivity contribution in [1.29, 1.82) is 0 Å². The van der Waals surface area contributed by atoms with Crippen molar-refractivity contribution >= 4 is 23.4 Å². The van der Waals surface area contributed by atoms with Crippen molar-refractivity contribution in [2.45, 2.75) is 4.90 Å². The molecule has 0 atom stereocenters. The van der Waals surface area contributed by atoms with E-state index in [0.717, 1.165) is 10.6 Å². The van der Waals surface area contributed by atoms with Crippen LogP contribution >= 0.6 is 11.8 Å². The zero-order valence-electron chi connectivity index (χ0n) is 11.8. The van der Waals surface area contributed by atoms with Gasteiger partial charge in [-0.15, -0.1) is 18.3 Å². The molecular weight excluding hydrogens is 282 g/mol. The molecule has 0 aliphatic heterocycles. The number of rotatable bonds is 6. The molecule has 1 amide bonds. The summed E-state index contributed by atoms with van der Waals surface area (Å²) in [7, 11) is 1.58. The molecule has 2 rings (SSSR count). The van der Waals surface area contributed by atoms with Crippen molar-refractivity contribution in [2.75, 3.05) is 18.2 Å². The number of thioether (sulfide) groups is 1. The number of amides is 1. The SMILES string of the molecule is C=CCSc1ccccc1C(=O)Nc1ccccc1OC. The quantitative estimate of drug-likeness (QED) is 0.641. The number of ether oxygens (including phenoxy) is 1. The van der Waals surface area contributed by atoms with E-state index in [2.05, 4.69) is 11.9 Å². The fourth-order valence-corrected chi connectivity index (χ4v) is 2.65. The second kappa shape index (κ2) is 7.55. The third-order valence-corrected chi connectivity index (χ3v) is 3.91. The third kappa shape index (κ3) is 3.89. The Balaban J connectivity index is 2.22. The van der Waals surface area contributed by atoms with Crippen LogP contribution < -0.4 is 10.1 Å². The van der Waals surface area contributed by atoms with Gasteiger partial charge < -0.3 is 10.1 Å². The Labute approximate surface area is 129 Å². The Kier molecular flexibility index (Phi) is 5.46.